The smallest absolute Gasteiger partial charge is 0.130 e. The number of methoxy groups -OCH3 is 1. The molecule has 2 rings (SSSR count). The molecule has 0 atom stereocenters. The minimum Gasteiger partial charge on any atom is -0.496 e. The number of rotatable bonds is 5. The summed E-state index contributed by atoms with van der Waals surface area (Å²) in [6.07, 6.45) is 2.84. The zero-order chi connectivity index (χ0) is 11.6. The Hall–Kier alpha value is -1.51. The summed E-state index contributed by atoms with van der Waals surface area (Å²) in [5.41, 5.74) is 0.634. The molecule has 0 bridgehead atoms. The number of carbonyl (C=O) groups excluding carboxylic acids is 1. The molecule has 0 unspecified atom stereocenters. The zero-order valence-electron chi connectivity index (χ0n) is 9.66. The summed E-state index contributed by atoms with van der Waals surface area (Å²) >= 11 is 0. The van der Waals surface area contributed by atoms with Gasteiger partial charge in [0.2, 0.25) is 0 Å². The van der Waals surface area contributed by atoms with Gasteiger partial charge in [0.25, 0.3) is 0 Å². The Morgan fingerprint density at radius 3 is 2.69 bits per heavy atom. The molecular weight excluding hydrogens is 204 g/mol. The molecule has 3 nitrogen and oxygen atoms in total. The van der Waals surface area contributed by atoms with Gasteiger partial charge in [0.05, 0.1) is 19.1 Å². The molecule has 0 amide bonds. The summed E-state index contributed by atoms with van der Waals surface area (Å²) in [7, 11) is 1.63. The van der Waals surface area contributed by atoms with E-state index in [0.717, 1.165) is 36.2 Å². The van der Waals surface area contributed by atoms with E-state index in [-0.39, 0.29) is 5.41 Å². The second-order valence-electron chi connectivity index (χ2n) is 4.07. The van der Waals surface area contributed by atoms with E-state index in [1.54, 1.807) is 7.11 Å². The number of hydrogen-bond acceptors (Lipinski definition) is 3. The highest BCUT2D eigenvalue weighted by Crippen LogP contribution is 2.50. The van der Waals surface area contributed by atoms with Gasteiger partial charge >= 0.3 is 0 Å². The molecule has 0 spiro atoms. The Morgan fingerprint density at radius 1 is 1.44 bits per heavy atom. The van der Waals surface area contributed by atoms with Crippen LogP contribution in [0.1, 0.15) is 25.3 Å². The average Bonchev–Trinajstić information content (AvgIpc) is 3.10. The van der Waals surface area contributed by atoms with Crippen LogP contribution in [0.15, 0.2) is 18.2 Å². The SMILES string of the molecule is CCOc1ccc(OC)c(C2(C=O)CC2)c1. The van der Waals surface area contributed by atoms with Crippen molar-refractivity contribution in [1.82, 2.24) is 0 Å². The first-order chi connectivity index (χ1) is 7.75. The van der Waals surface area contributed by atoms with E-state index in [2.05, 4.69) is 0 Å². The molecular formula is C13H16O3. The minimum absolute atomic E-state index is 0.321. The Bertz CT molecular complexity index is 394. The lowest BCUT2D eigenvalue weighted by Gasteiger charge is -2.14. The van der Waals surface area contributed by atoms with Crippen LogP contribution in [0.4, 0.5) is 0 Å². The summed E-state index contributed by atoms with van der Waals surface area (Å²) < 4.78 is 10.7. The molecule has 0 heterocycles. The van der Waals surface area contributed by atoms with Gasteiger partial charge in [-0.05, 0) is 38.0 Å². The van der Waals surface area contributed by atoms with Crippen LogP contribution in [0, 0.1) is 0 Å². The molecule has 1 aromatic carbocycles. The van der Waals surface area contributed by atoms with E-state index in [1.165, 1.54) is 0 Å². The van der Waals surface area contributed by atoms with Gasteiger partial charge in [-0.15, -0.1) is 0 Å². The molecule has 1 saturated carbocycles. The van der Waals surface area contributed by atoms with Gasteiger partial charge in [0, 0.05) is 5.56 Å². The molecule has 1 aromatic rings. The quantitative estimate of drug-likeness (QED) is 0.714. The predicted molar refractivity (Wildman–Crippen MR) is 61.1 cm³/mol. The van der Waals surface area contributed by atoms with Crippen molar-refractivity contribution in [3.63, 3.8) is 0 Å². The average molecular weight is 220 g/mol. The highest BCUT2D eigenvalue weighted by molar-refractivity contribution is 5.75. The largest absolute Gasteiger partial charge is 0.496 e. The topological polar surface area (TPSA) is 35.5 Å². The van der Waals surface area contributed by atoms with Gasteiger partial charge < -0.3 is 14.3 Å². The number of aldehydes is 1. The highest BCUT2D eigenvalue weighted by Gasteiger charge is 2.46. The van der Waals surface area contributed by atoms with E-state index in [9.17, 15) is 4.79 Å². The standard InChI is InChI=1S/C13H16O3/c1-3-16-10-4-5-12(15-2)11(8-10)13(9-14)6-7-13/h4-5,8-9H,3,6-7H2,1-2H3. The van der Waals surface area contributed by atoms with Crippen molar-refractivity contribution in [2.75, 3.05) is 13.7 Å². The molecule has 0 saturated heterocycles. The lowest BCUT2D eigenvalue weighted by Crippen LogP contribution is -2.10. The molecule has 86 valence electrons. The molecule has 0 aromatic heterocycles. The van der Waals surface area contributed by atoms with Crippen LogP contribution >= 0.6 is 0 Å². The Labute approximate surface area is 95.4 Å². The van der Waals surface area contributed by atoms with Gasteiger partial charge in [-0.2, -0.15) is 0 Å². The van der Waals surface area contributed by atoms with Gasteiger partial charge in [0.1, 0.15) is 17.8 Å². The lowest BCUT2D eigenvalue weighted by atomic mass is 9.96. The number of benzene rings is 1. The lowest BCUT2D eigenvalue weighted by molar-refractivity contribution is -0.109. The van der Waals surface area contributed by atoms with Gasteiger partial charge in [0.15, 0.2) is 0 Å². The summed E-state index contributed by atoms with van der Waals surface area (Å²) in [5.74, 6) is 1.57. The molecule has 3 heteroatoms. The summed E-state index contributed by atoms with van der Waals surface area (Å²) in [6.45, 7) is 2.57. The highest BCUT2D eigenvalue weighted by atomic mass is 16.5. The maximum absolute atomic E-state index is 11.1. The first-order valence-corrected chi connectivity index (χ1v) is 5.53. The third-order valence-corrected chi connectivity index (χ3v) is 3.03. The van der Waals surface area contributed by atoms with Crippen LogP contribution in [0.5, 0.6) is 11.5 Å². The molecule has 0 aliphatic heterocycles. The fourth-order valence-electron chi connectivity index (χ4n) is 1.92. The third-order valence-electron chi connectivity index (χ3n) is 3.03. The predicted octanol–water partition coefficient (Wildman–Crippen LogP) is 2.32. The molecule has 0 radical (unpaired) electrons. The van der Waals surface area contributed by atoms with Crippen molar-refractivity contribution in [2.24, 2.45) is 0 Å². The number of hydrogen-bond donors (Lipinski definition) is 0. The second kappa shape index (κ2) is 4.16. The van der Waals surface area contributed by atoms with E-state index in [0.29, 0.717) is 6.61 Å². The molecule has 1 aliphatic rings. The summed E-state index contributed by atoms with van der Waals surface area (Å²) in [5, 5.41) is 0. The second-order valence-corrected chi connectivity index (χ2v) is 4.07. The van der Waals surface area contributed by atoms with Crippen molar-refractivity contribution < 1.29 is 14.3 Å². The Kier molecular flexibility index (Phi) is 2.86. The van der Waals surface area contributed by atoms with E-state index in [1.807, 2.05) is 25.1 Å². The van der Waals surface area contributed by atoms with Gasteiger partial charge in [-0.25, -0.2) is 0 Å². The van der Waals surface area contributed by atoms with Crippen molar-refractivity contribution in [1.29, 1.82) is 0 Å². The molecule has 0 N–H and O–H groups in total. The van der Waals surface area contributed by atoms with Crippen LogP contribution in [0.3, 0.4) is 0 Å². The van der Waals surface area contributed by atoms with E-state index in [4.69, 9.17) is 9.47 Å². The van der Waals surface area contributed by atoms with Gasteiger partial charge in [-0.1, -0.05) is 0 Å². The minimum atomic E-state index is -0.321. The first-order valence-electron chi connectivity index (χ1n) is 5.53. The molecule has 16 heavy (non-hydrogen) atoms. The van der Waals surface area contributed by atoms with E-state index >= 15 is 0 Å². The van der Waals surface area contributed by atoms with Crippen LogP contribution in [-0.2, 0) is 10.2 Å². The summed E-state index contributed by atoms with van der Waals surface area (Å²) in [6, 6.07) is 5.65. The van der Waals surface area contributed by atoms with Crippen LogP contribution < -0.4 is 9.47 Å². The van der Waals surface area contributed by atoms with Crippen LogP contribution in [0.2, 0.25) is 0 Å². The normalized spacial score (nSPS) is 16.6. The first kappa shape index (κ1) is 11.0. The maximum Gasteiger partial charge on any atom is 0.130 e. The Balaban J connectivity index is 2.39. The Morgan fingerprint density at radius 2 is 2.19 bits per heavy atom. The van der Waals surface area contributed by atoms with Gasteiger partial charge in [-0.3, -0.25) is 0 Å². The molecule has 1 fully saturated rings. The van der Waals surface area contributed by atoms with Crippen LogP contribution in [0.25, 0.3) is 0 Å². The third kappa shape index (κ3) is 1.77. The number of ether oxygens (including phenoxy) is 2. The van der Waals surface area contributed by atoms with Crippen molar-refractivity contribution in [3.8, 4) is 11.5 Å². The van der Waals surface area contributed by atoms with Crippen LogP contribution in [-0.4, -0.2) is 20.0 Å². The van der Waals surface area contributed by atoms with Crippen molar-refractivity contribution in [3.05, 3.63) is 23.8 Å². The number of carbonyl (C=O) groups is 1. The fraction of sp³-hybridized carbons (Fsp3) is 0.462. The maximum atomic E-state index is 11.1. The fourth-order valence-corrected chi connectivity index (χ4v) is 1.92. The van der Waals surface area contributed by atoms with Crippen molar-refractivity contribution >= 4 is 6.29 Å². The van der Waals surface area contributed by atoms with E-state index < -0.39 is 0 Å². The monoisotopic (exact) mass is 220 g/mol. The molecule has 1 aliphatic carbocycles. The summed E-state index contributed by atoms with van der Waals surface area (Å²) in [4.78, 5) is 11.1. The zero-order valence-corrected chi connectivity index (χ0v) is 9.66. The van der Waals surface area contributed by atoms with Crippen molar-refractivity contribution in [2.45, 2.75) is 25.2 Å².